The third-order valence-corrected chi connectivity index (χ3v) is 16.3. The lowest BCUT2D eigenvalue weighted by atomic mass is 9.70. The molecule has 1 heterocycles. The summed E-state index contributed by atoms with van der Waals surface area (Å²) < 4.78 is 6.57. The molecule has 338 valence electrons. The standard InChI is InChI=1S/C70H47NO/c1-69(2)59-24-10-6-18-52(59)54-41-39-50(43-63(54)69)71(49-37-34-47(35-38-49)51-22-14-23-57-56-20-9-13-29-66(56)72-68(51)57)65-28-15-27-62-67(65)58-21-8-12-26-61(58)70(62)60-25-11-7-19-53(60)55-40-36-48(42-64(55)70)46-32-30-45(31-33-46)44-16-4-3-5-17-44/h3-43H,1-2H3. The fourth-order valence-corrected chi connectivity index (χ4v) is 13.0. The average Bonchev–Trinajstić information content (AvgIpc) is 4.14. The van der Waals surface area contributed by atoms with Crippen LogP contribution in [0.5, 0.6) is 0 Å². The summed E-state index contributed by atoms with van der Waals surface area (Å²) in [6.45, 7) is 4.75. The number of nitrogens with zero attached hydrogens (tertiary/aromatic N) is 1. The number of benzene rings is 11. The van der Waals surface area contributed by atoms with Crippen molar-refractivity contribution in [2.24, 2.45) is 0 Å². The zero-order valence-corrected chi connectivity index (χ0v) is 40.0. The first-order valence-electron chi connectivity index (χ1n) is 25.2. The zero-order chi connectivity index (χ0) is 47.7. The number of hydrogen-bond donors (Lipinski definition) is 0. The van der Waals surface area contributed by atoms with Crippen molar-refractivity contribution in [3.8, 4) is 66.8 Å². The molecule has 1 atom stereocenters. The van der Waals surface area contributed by atoms with Gasteiger partial charge in [0.1, 0.15) is 11.2 Å². The second-order valence-electron chi connectivity index (χ2n) is 20.3. The highest BCUT2D eigenvalue weighted by molar-refractivity contribution is 6.10. The smallest absolute Gasteiger partial charge is 0.143 e. The van der Waals surface area contributed by atoms with Gasteiger partial charge in [-0.15, -0.1) is 0 Å². The third kappa shape index (κ3) is 5.66. The Kier molecular flexibility index (Phi) is 8.66. The number of anilines is 3. The third-order valence-electron chi connectivity index (χ3n) is 16.3. The van der Waals surface area contributed by atoms with Crippen molar-refractivity contribution in [2.75, 3.05) is 4.90 Å². The molecule has 2 nitrogen and oxygen atoms in total. The van der Waals surface area contributed by atoms with Crippen molar-refractivity contribution in [3.63, 3.8) is 0 Å². The topological polar surface area (TPSA) is 16.4 Å². The molecule has 1 spiro atoms. The summed E-state index contributed by atoms with van der Waals surface area (Å²) in [6, 6.07) is 92.3. The van der Waals surface area contributed by atoms with Gasteiger partial charge in [0.05, 0.1) is 11.1 Å². The molecule has 1 unspecified atom stereocenters. The fraction of sp³-hybridized carbons (Fsp3) is 0.0571. The number of furan rings is 1. The average molecular weight is 918 g/mol. The molecule has 0 aliphatic heterocycles. The Morgan fingerprint density at radius 1 is 0.319 bits per heavy atom. The van der Waals surface area contributed by atoms with Gasteiger partial charge in [-0.2, -0.15) is 0 Å². The molecule has 12 aromatic rings. The quantitative estimate of drug-likeness (QED) is 0.165. The van der Waals surface area contributed by atoms with Gasteiger partial charge >= 0.3 is 0 Å². The van der Waals surface area contributed by atoms with Gasteiger partial charge in [-0.25, -0.2) is 0 Å². The van der Waals surface area contributed by atoms with Gasteiger partial charge in [-0.1, -0.05) is 220 Å². The van der Waals surface area contributed by atoms with Crippen molar-refractivity contribution in [3.05, 3.63) is 282 Å². The first-order valence-corrected chi connectivity index (χ1v) is 25.2. The van der Waals surface area contributed by atoms with Gasteiger partial charge in [0, 0.05) is 38.7 Å². The molecular weight excluding hydrogens is 871 g/mol. The molecule has 3 aliphatic rings. The summed E-state index contributed by atoms with van der Waals surface area (Å²) in [6.07, 6.45) is 0. The summed E-state index contributed by atoms with van der Waals surface area (Å²) in [5.74, 6) is 0. The van der Waals surface area contributed by atoms with Crippen LogP contribution in [0.3, 0.4) is 0 Å². The van der Waals surface area contributed by atoms with Crippen LogP contribution in [0, 0.1) is 0 Å². The van der Waals surface area contributed by atoms with E-state index in [1.165, 1.54) is 89.0 Å². The molecule has 72 heavy (non-hydrogen) atoms. The minimum absolute atomic E-state index is 0.172. The van der Waals surface area contributed by atoms with Gasteiger partial charge in [-0.05, 0) is 131 Å². The lowest BCUT2D eigenvalue weighted by Gasteiger charge is -2.32. The van der Waals surface area contributed by atoms with Crippen LogP contribution >= 0.6 is 0 Å². The number of fused-ring (bicyclic) bond motifs is 16. The van der Waals surface area contributed by atoms with E-state index in [2.05, 4.69) is 261 Å². The maximum atomic E-state index is 6.57. The van der Waals surface area contributed by atoms with E-state index in [1.54, 1.807) is 0 Å². The van der Waals surface area contributed by atoms with E-state index in [0.29, 0.717) is 0 Å². The maximum Gasteiger partial charge on any atom is 0.143 e. The Morgan fingerprint density at radius 3 is 1.62 bits per heavy atom. The Labute approximate surface area is 419 Å². The van der Waals surface area contributed by atoms with E-state index < -0.39 is 5.41 Å². The van der Waals surface area contributed by atoms with Crippen molar-refractivity contribution in [2.45, 2.75) is 24.7 Å². The number of para-hydroxylation sites is 2. The zero-order valence-electron chi connectivity index (χ0n) is 40.0. The molecular formula is C70H47NO. The van der Waals surface area contributed by atoms with Gasteiger partial charge in [0.15, 0.2) is 0 Å². The highest BCUT2D eigenvalue weighted by Crippen LogP contribution is 2.65. The number of hydrogen-bond acceptors (Lipinski definition) is 2. The summed E-state index contributed by atoms with van der Waals surface area (Å²) in [5.41, 5.74) is 27.2. The minimum Gasteiger partial charge on any atom is -0.455 e. The Morgan fingerprint density at radius 2 is 0.833 bits per heavy atom. The molecule has 0 saturated carbocycles. The van der Waals surface area contributed by atoms with Crippen LogP contribution < -0.4 is 4.90 Å². The van der Waals surface area contributed by atoms with Gasteiger partial charge in [-0.3, -0.25) is 0 Å². The summed E-state index contributed by atoms with van der Waals surface area (Å²) >= 11 is 0. The molecule has 3 aliphatic carbocycles. The molecule has 2 heteroatoms. The van der Waals surface area contributed by atoms with Crippen LogP contribution in [0.2, 0.25) is 0 Å². The summed E-state index contributed by atoms with van der Waals surface area (Å²) in [4.78, 5) is 2.52. The first kappa shape index (κ1) is 40.9. The molecule has 0 N–H and O–H groups in total. The first-order chi connectivity index (χ1) is 35.5. The van der Waals surface area contributed by atoms with Crippen LogP contribution in [-0.2, 0) is 10.8 Å². The van der Waals surface area contributed by atoms with E-state index in [0.717, 1.165) is 50.1 Å². The maximum absolute atomic E-state index is 6.57. The minimum atomic E-state index is -0.545. The summed E-state index contributed by atoms with van der Waals surface area (Å²) in [7, 11) is 0. The van der Waals surface area contributed by atoms with E-state index in [9.17, 15) is 0 Å². The van der Waals surface area contributed by atoms with Gasteiger partial charge in [0.25, 0.3) is 0 Å². The molecule has 0 fully saturated rings. The predicted octanol–water partition coefficient (Wildman–Crippen LogP) is 18.7. The fourth-order valence-electron chi connectivity index (χ4n) is 13.0. The monoisotopic (exact) mass is 917 g/mol. The lowest BCUT2D eigenvalue weighted by molar-refractivity contribution is 0.660. The van der Waals surface area contributed by atoms with Crippen LogP contribution in [0.15, 0.2) is 253 Å². The Hall–Kier alpha value is -8.98. The highest BCUT2D eigenvalue weighted by Gasteiger charge is 2.52. The van der Waals surface area contributed by atoms with Crippen molar-refractivity contribution < 1.29 is 4.42 Å². The molecule has 0 saturated heterocycles. The van der Waals surface area contributed by atoms with Gasteiger partial charge < -0.3 is 9.32 Å². The molecule has 0 amide bonds. The van der Waals surface area contributed by atoms with Crippen LogP contribution in [0.1, 0.15) is 47.2 Å². The van der Waals surface area contributed by atoms with E-state index in [-0.39, 0.29) is 5.41 Å². The normalized spacial score (nSPS) is 15.2. The molecule has 0 bridgehead atoms. The molecule has 15 rings (SSSR count). The highest BCUT2D eigenvalue weighted by atomic mass is 16.3. The predicted molar refractivity (Wildman–Crippen MR) is 299 cm³/mol. The molecule has 0 radical (unpaired) electrons. The van der Waals surface area contributed by atoms with Crippen molar-refractivity contribution in [1.29, 1.82) is 0 Å². The molecule has 11 aromatic carbocycles. The number of rotatable bonds is 6. The van der Waals surface area contributed by atoms with Crippen LogP contribution in [0.25, 0.3) is 88.7 Å². The van der Waals surface area contributed by atoms with Crippen LogP contribution in [-0.4, -0.2) is 0 Å². The molecule has 1 aromatic heterocycles. The second-order valence-corrected chi connectivity index (χ2v) is 20.3. The second kappa shape index (κ2) is 15.3. The Balaban J connectivity index is 0.941. The van der Waals surface area contributed by atoms with Crippen molar-refractivity contribution >= 4 is 39.0 Å². The SMILES string of the molecule is CC1(C)c2ccccc2-c2ccc(N(c3ccc(-c4cccc5c4oc4ccccc45)cc3)c3cccc4c3-c3ccccc3C43c4ccccc4-c4ccc(-c5ccc(-c6ccccc6)cc5)cc43)cc21. The van der Waals surface area contributed by atoms with Gasteiger partial charge in [0.2, 0.25) is 0 Å². The van der Waals surface area contributed by atoms with E-state index >= 15 is 0 Å². The lowest BCUT2D eigenvalue weighted by Crippen LogP contribution is -2.26. The Bertz CT molecular complexity index is 4180. The summed E-state index contributed by atoms with van der Waals surface area (Å²) in [5, 5.41) is 2.27. The largest absolute Gasteiger partial charge is 0.455 e. The van der Waals surface area contributed by atoms with E-state index in [1.807, 2.05) is 6.07 Å². The van der Waals surface area contributed by atoms with E-state index in [4.69, 9.17) is 4.42 Å². The van der Waals surface area contributed by atoms with Crippen molar-refractivity contribution in [1.82, 2.24) is 0 Å². The van der Waals surface area contributed by atoms with Crippen LogP contribution in [0.4, 0.5) is 17.1 Å².